The van der Waals surface area contributed by atoms with Gasteiger partial charge < -0.3 is 4.90 Å². The van der Waals surface area contributed by atoms with Crippen molar-refractivity contribution >= 4 is 46.4 Å². The van der Waals surface area contributed by atoms with Gasteiger partial charge in [0, 0.05) is 16.1 Å². The fourth-order valence-electron chi connectivity index (χ4n) is 3.39. The molecule has 4 aromatic carbocycles. The van der Waals surface area contributed by atoms with Crippen molar-refractivity contribution < 1.29 is 4.79 Å². The van der Waals surface area contributed by atoms with Crippen LogP contribution in [0.4, 0.5) is 5.69 Å². The molecule has 0 aromatic heterocycles. The Morgan fingerprint density at radius 1 is 0.727 bits per heavy atom. The molecule has 0 fully saturated rings. The second-order valence-corrected chi connectivity index (χ2v) is 8.51. The van der Waals surface area contributed by atoms with Crippen LogP contribution < -0.4 is 4.90 Å². The third-order valence-corrected chi connectivity index (χ3v) is 5.77. The Morgan fingerprint density at radius 3 is 1.97 bits per heavy atom. The lowest BCUT2D eigenvalue weighted by Gasteiger charge is -2.25. The fraction of sp³-hybridized carbons (Fsp3) is 0.0357. The summed E-state index contributed by atoms with van der Waals surface area (Å²) >= 11 is 18.9. The minimum Gasteiger partial charge on any atom is -0.303 e. The van der Waals surface area contributed by atoms with Crippen molar-refractivity contribution in [3.63, 3.8) is 0 Å². The summed E-state index contributed by atoms with van der Waals surface area (Å²) in [6.45, 7) is 0.318. The molecule has 4 rings (SSSR count). The second-order valence-electron chi connectivity index (χ2n) is 7.25. The van der Waals surface area contributed by atoms with Gasteiger partial charge in [0.1, 0.15) is 0 Å². The van der Waals surface area contributed by atoms with Crippen molar-refractivity contribution in [2.75, 3.05) is 4.90 Å². The first-order chi connectivity index (χ1) is 16.0. The summed E-state index contributed by atoms with van der Waals surface area (Å²) in [5.74, 6) is 6.05. The Kier molecular flexibility index (Phi) is 7.37. The zero-order valence-corrected chi connectivity index (χ0v) is 19.7. The molecular formula is C28H18Cl3NO. The Bertz CT molecular complexity index is 1320. The number of carbonyl (C=O) groups is 1. The van der Waals surface area contributed by atoms with E-state index in [0.29, 0.717) is 22.8 Å². The van der Waals surface area contributed by atoms with Gasteiger partial charge in [-0.25, -0.2) is 0 Å². The quantitative estimate of drug-likeness (QED) is 0.266. The standard InChI is InChI=1S/C28H18Cl3NO/c29-23-17-24(30)27(25(31)18-23)28(33)32(19-21-11-5-2-6-12-21)26-14-8-7-13-22(26)16-15-20-9-3-1-4-10-20/h1-14,17-18H,19H2. The van der Waals surface area contributed by atoms with Crippen molar-refractivity contribution in [2.45, 2.75) is 6.54 Å². The van der Waals surface area contributed by atoms with E-state index >= 15 is 0 Å². The largest absolute Gasteiger partial charge is 0.303 e. The number of nitrogens with zero attached hydrogens (tertiary/aromatic N) is 1. The van der Waals surface area contributed by atoms with Crippen LogP contribution in [0.5, 0.6) is 0 Å². The predicted octanol–water partition coefficient (Wildman–Crippen LogP) is 7.89. The normalized spacial score (nSPS) is 10.3. The number of benzene rings is 4. The van der Waals surface area contributed by atoms with Gasteiger partial charge in [-0.05, 0) is 42.0 Å². The lowest BCUT2D eigenvalue weighted by atomic mass is 10.1. The maximum absolute atomic E-state index is 13.8. The minimum atomic E-state index is -0.334. The SMILES string of the molecule is O=C(c1c(Cl)cc(Cl)cc1Cl)N(Cc1ccccc1)c1ccccc1C#Cc1ccccc1. The van der Waals surface area contributed by atoms with E-state index in [1.165, 1.54) is 12.1 Å². The Hall–Kier alpha value is -3.22. The summed E-state index contributed by atoms with van der Waals surface area (Å²) in [6.07, 6.45) is 0. The van der Waals surface area contributed by atoms with Crippen molar-refractivity contribution in [2.24, 2.45) is 0 Å². The van der Waals surface area contributed by atoms with Crippen molar-refractivity contribution in [3.05, 3.63) is 134 Å². The average Bonchev–Trinajstić information content (AvgIpc) is 2.82. The Labute approximate surface area is 208 Å². The van der Waals surface area contributed by atoms with E-state index in [2.05, 4.69) is 11.8 Å². The molecule has 5 heteroatoms. The van der Waals surface area contributed by atoms with Crippen LogP contribution in [0.1, 0.15) is 27.0 Å². The minimum absolute atomic E-state index is 0.198. The summed E-state index contributed by atoms with van der Waals surface area (Å²) < 4.78 is 0. The third kappa shape index (κ3) is 5.59. The van der Waals surface area contributed by atoms with E-state index < -0.39 is 0 Å². The van der Waals surface area contributed by atoms with Gasteiger partial charge >= 0.3 is 0 Å². The molecule has 0 aliphatic rings. The number of carbonyl (C=O) groups excluding carboxylic acids is 1. The number of para-hydroxylation sites is 1. The van der Waals surface area contributed by atoms with Gasteiger partial charge in [-0.2, -0.15) is 0 Å². The van der Waals surface area contributed by atoms with E-state index in [9.17, 15) is 4.79 Å². The lowest BCUT2D eigenvalue weighted by molar-refractivity contribution is 0.0985. The molecular weight excluding hydrogens is 473 g/mol. The van der Waals surface area contributed by atoms with Crippen LogP contribution in [-0.2, 0) is 6.54 Å². The summed E-state index contributed by atoms with van der Waals surface area (Å²) in [7, 11) is 0. The van der Waals surface area contributed by atoms with E-state index in [1.807, 2.05) is 84.9 Å². The zero-order valence-electron chi connectivity index (χ0n) is 17.4. The summed E-state index contributed by atoms with van der Waals surface area (Å²) in [5, 5.41) is 0.761. The highest BCUT2D eigenvalue weighted by Crippen LogP contribution is 2.33. The molecule has 0 saturated carbocycles. The summed E-state index contributed by atoms with van der Waals surface area (Å²) in [6, 6.07) is 30.0. The molecule has 0 N–H and O–H groups in total. The lowest BCUT2D eigenvalue weighted by Crippen LogP contribution is -2.31. The monoisotopic (exact) mass is 489 g/mol. The fourth-order valence-corrected chi connectivity index (χ4v) is 4.37. The Balaban J connectivity index is 1.82. The smallest absolute Gasteiger partial charge is 0.261 e. The van der Waals surface area contributed by atoms with Crippen LogP contribution >= 0.6 is 34.8 Å². The van der Waals surface area contributed by atoms with Gasteiger partial charge in [0.25, 0.3) is 5.91 Å². The molecule has 0 saturated heterocycles. The maximum Gasteiger partial charge on any atom is 0.261 e. The first-order valence-corrected chi connectivity index (χ1v) is 11.3. The van der Waals surface area contributed by atoms with Gasteiger partial charge in [-0.1, -0.05) is 107 Å². The van der Waals surface area contributed by atoms with Crippen LogP contribution in [0, 0.1) is 11.8 Å². The van der Waals surface area contributed by atoms with Gasteiger partial charge in [0.05, 0.1) is 27.8 Å². The van der Waals surface area contributed by atoms with E-state index in [0.717, 1.165) is 11.1 Å². The van der Waals surface area contributed by atoms with Crippen molar-refractivity contribution in [3.8, 4) is 11.8 Å². The summed E-state index contributed by atoms with van der Waals surface area (Å²) in [5.41, 5.74) is 3.42. The van der Waals surface area contributed by atoms with E-state index in [4.69, 9.17) is 34.8 Å². The highest BCUT2D eigenvalue weighted by molar-refractivity contribution is 6.42. The van der Waals surface area contributed by atoms with Gasteiger partial charge in [0.15, 0.2) is 0 Å². The van der Waals surface area contributed by atoms with Crippen molar-refractivity contribution in [1.82, 2.24) is 0 Å². The first kappa shape index (κ1) is 23.0. The topological polar surface area (TPSA) is 20.3 Å². The zero-order chi connectivity index (χ0) is 23.2. The molecule has 0 aliphatic heterocycles. The van der Waals surface area contributed by atoms with Crippen molar-refractivity contribution in [1.29, 1.82) is 0 Å². The molecule has 0 atom stereocenters. The third-order valence-electron chi connectivity index (χ3n) is 4.96. The first-order valence-electron chi connectivity index (χ1n) is 10.2. The molecule has 0 radical (unpaired) electrons. The molecule has 162 valence electrons. The van der Waals surface area contributed by atoms with Crippen LogP contribution in [-0.4, -0.2) is 5.91 Å². The highest BCUT2D eigenvalue weighted by atomic mass is 35.5. The molecule has 33 heavy (non-hydrogen) atoms. The van der Waals surface area contributed by atoms with E-state index in [1.54, 1.807) is 4.90 Å². The molecule has 1 amide bonds. The number of hydrogen-bond donors (Lipinski definition) is 0. The van der Waals surface area contributed by atoms with Crippen LogP contribution in [0.3, 0.4) is 0 Å². The number of amides is 1. The number of anilines is 1. The van der Waals surface area contributed by atoms with Gasteiger partial charge in [-0.3, -0.25) is 4.79 Å². The van der Waals surface area contributed by atoms with Gasteiger partial charge in [-0.15, -0.1) is 0 Å². The molecule has 0 unspecified atom stereocenters. The second kappa shape index (κ2) is 10.6. The molecule has 0 bridgehead atoms. The number of halogens is 3. The number of rotatable bonds is 4. The van der Waals surface area contributed by atoms with Gasteiger partial charge in [0.2, 0.25) is 0 Å². The van der Waals surface area contributed by atoms with E-state index in [-0.39, 0.29) is 21.5 Å². The van der Waals surface area contributed by atoms with Crippen LogP contribution in [0.2, 0.25) is 15.1 Å². The highest BCUT2D eigenvalue weighted by Gasteiger charge is 2.25. The van der Waals surface area contributed by atoms with Crippen LogP contribution in [0.25, 0.3) is 0 Å². The predicted molar refractivity (Wildman–Crippen MR) is 137 cm³/mol. The number of hydrogen-bond acceptors (Lipinski definition) is 1. The Morgan fingerprint density at radius 2 is 1.30 bits per heavy atom. The molecule has 0 spiro atoms. The maximum atomic E-state index is 13.8. The van der Waals surface area contributed by atoms with Crippen LogP contribution in [0.15, 0.2) is 97.1 Å². The summed E-state index contributed by atoms with van der Waals surface area (Å²) in [4.78, 5) is 15.4. The molecule has 4 aromatic rings. The molecule has 0 aliphatic carbocycles. The average molecular weight is 491 g/mol. The molecule has 0 heterocycles. The molecule has 2 nitrogen and oxygen atoms in total.